The number of hydrogen-bond acceptors (Lipinski definition) is 8. The van der Waals surface area contributed by atoms with E-state index in [9.17, 15) is 24.0 Å². The number of thioether (sulfide) groups is 1. The zero-order valence-corrected chi connectivity index (χ0v) is 28.0. The smallest absolute Gasteiger partial charge is 0.243 e. The van der Waals surface area contributed by atoms with E-state index < -0.39 is 53.8 Å². The van der Waals surface area contributed by atoms with E-state index >= 15 is 0 Å². The van der Waals surface area contributed by atoms with Gasteiger partial charge < -0.3 is 38.5 Å². The lowest BCUT2D eigenvalue weighted by Gasteiger charge is -2.28. The van der Waals surface area contributed by atoms with Crippen molar-refractivity contribution in [3.63, 3.8) is 0 Å². The van der Waals surface area contributed by atoms with Crippen LogP contribution >= 0.6 is 11.8 Å². The summed E-state index contributed by atoms with van der Waals surface area (Å²) in [5.41, 5.74) is 17.1. The minimum atomic E-state index is -0.996. The van der Waals surface area contributed by atoms with Gasteiger partial charge in [0.1, 0.15) is 24.2 Å². The van der Waals surface area contributed by atoms with Crippen molar-refractivity contribution in [3.8, 4) is 0 Å². The third kappa shape index (κ3) is 14.1. The fraction of sp³-hybridized carbons (Fsp3) is 0.613. The van der Waals surface area contributed by atoms with E-state index in [0.29, 0.717) is 18.1 Å². The van der Waals surface area contributed by atoms with Crippen molar-refractivity contribution >= 4 is 47.3 Å². The molecule has 11 N–H and O–H groups in total. The lowest BCUT2D eigenvalue weighted by atomic mass is 9.98. The number of nitrogens with one attached hydrogen (secondary N) is 5. The molecule has 256 valence electrons. The SMILES string of the molecule is CC(C)C[C@H](NC(=O)[C@H](CC(C)C)NC(=O)[C@H](Cc1ccccc1)NC(=O)[C@@H]1CSCN1)C(=O)N[C@@H](CCCN=C(N)N)C(N)=O. The van der Waals surface area contributed by atoms with Gasteiger partial charge in [-0.2, -0.15) is 0 Å². The van der Waals surface area contributed by atoms with Crippen LogP contribution in [0.15, 0.2) is 35.3 Å². The van der Waals surface area contributed by atoms with Gasteiger partial charge in [0.25, 0.3) is 0 Å². The molecule has 1 aromatic carbocycles. The minimum absolute atomic E-state index is 0.0101. The first-order valence-electron chi connectivity index (χ1n) is 15.7. The van der Waals surface area contributed by atoms with Crippen molar-refractivity contribution in [3.05, 3.63) is 35.9 Å². The van der Waals surface area contributed by atoms with Crippen molar-refractivity contribution in [2.45, 2.75) is 90.0 Å². The second-order valence-electron chi connectivity index (χ2n) is 12.3. The van der Waals surface area contributed by atoms with Gasteiger partial charge in [-0.3, -0.25) is 34.3 Å². The highest BCUT2D eigenvalue weighted by atomic mass is 32.2. The molecule has 46 heavy (non-hydrogen) atoms. The first kappa shape index (κ1) is 38.3. The molecule has 1 aromatic rings. The summed E-state index contributed by atoms with van der Waals surface area (Å²) in [4.78, 5) is 69.7. The Kier molecular flexibility index (Phi) is 16.3. The summed E-state index contributed by atoms with van der Waals surface area (Å²) < 4.78 is 0. The molecule has 0 aliphatic carbocycles. The van der Waals surface area contributed by atoms with Gasteiger partial charge in [-0.1, -0.05) is 58.0 Å². The van der Waals surface area contributed by atoms with E-state index in [1.54, 1.807) is 11.8 Å². The third-order valence-corrected chi connectivity index (χ3v) is 8.17. The maximum Gasteiger partial charge on any atom is 0.243 e. The molecule has 0 aromatic heterocycles. The van der Waals surface area contributed by atoms with E-state index in [1.165, 1.54) is 0 Å². The molecule has 14 nitrogen and oxygen atoms in total. The van der Waals surface area contributed by atoms with Gasteiger partial charge in [0.15, 0.2) is 5.96 Å². The molecule has 15 heteroatoms. The number of carbonyl (C=O) groups excluding carboxylic acids is 5. The number of hydrogen-bond donors (Lipinski definition) is 8. The predicted molar refractivity (Wildman–Crippen MR) is 180 cm³/mol. The van der Waals surface area contributed by atoms with Crippen molar-refractivity contribution < 1.29 is 24.0 Å². The lowest BCUT2D eigenvalue weighted by Crippen LogP contribution is -2.59. The molecule has 1 aliphatic rings. The first-order valence-corrected chi connectivity index (χ1v) is 16.8. The van der Waals surface area contributed by atoms with Crippen LogP contribution in [-0.4, -0.2) is 83.9 Å². The van der Waals surface area contributed by atoms with E-state index in [1.807, 2.05) is 58.0 Å². The molecule has 5 atom stereocenters. The Morgan fingerprint density at radius 3 is 1.85 bits per heavy atom. The van der Waals surface area contributed by atoms with Gasteiger partial charge in [-0.15, -0.1) is 11.8 Å². The van der Waals surface area contributed by atoms with Crippen LogP contribution in [0.4, 0.5) is 0 Å². The zero-order valence-electron chi connectivity index (χ0n) is 27.2. The quantitative estimate of drug-likeness (QED) is 0.0539. The Morgan fingerprint density at radius 2 is 1.37 bits per heavy atom. The van der Waals surface area contributed by atoms with Crippen molar-refractivity contribution in [2.75, 3.05) is 18.2 Å². The van der Waals surface area contributed by atoms with E-state index in [4.69, 9.17) is 17.2 Å². The van der Waals surface area contributed by atoms with E-state index in [0.717, 1.165) is 5.56 Å². The highest BCUT2D eigenvalue weighted by Gasteiger charge is 2.33. The van der Waals surface area contributed by atoms with Crippen molar-refractivity contribution in [1.82, 2.24) is 26.6 Å². The van der Waals surface area contributed by atoms with Crippen LogP contribution in [0.5, 0.6) is 0 Å². The van der Waals surface area contributed by atoms with Gasteiger partial charge in [-0.25, -0.2) is 0 Å². The van der Waals surface area contributed by atoms with Crippen molar-refractivity contribution in [2.24, 2.45) is 34.0 Å². The number of benzene rings is 1. The Hall–Kier alpha value is -3.85. The molecule has 0 unspecified atom stereocenters. The van der Waals surface area contributed by atoms with Gasteiger partial charge in [0.05, 0.1) is 6.04 Å². The largest absolute Gasteiger partial charge is 0.370 e. The number of guanidine groups is 1. The van der Waals surface area contributed by atoms with Crippen LogP contribution in [0.2, 0.25) is 0 Å². The second kappa shape index (κ2) is 19.6. The summed E-state index contributed by atoms with van der Waals surface area (Å²) in [6.45, 7) is 7.88. The van der Waals surface area contributed by atoms with Gasteiger partial charge in [-0.05, 0) is 43.1 Å². The van der Waals surface area contributed by atoms with Gasteiger partial charge in [0, 0.05) is 24.6 Å². The van der Waals surface area contributed by atoms with E-state index in [2.05, 4.69) is 31.6 Å². The molecule has 0 radical (unpaired) electrons. The van der Waals surface area contributed by atoms with Crippen LogP contribution in [0.25, 0.3) is 0 Å². The third-order valence-electron chi connectivity index (χ3n) is 7.23. The van der Waals surface area contributed by atoms with Crippen LogP contribution in [-0.2, 0) is 30.4 Å². The summed E-state index contributed by atoms with van der Waals surface area (Å²) in [7, 11) is 0. The second-order valence-corrected chi connectivity index (χ2v) is 13.3. The normalized spacial score (nSPS) is 17.0. The summed E-state index contributed by atoms with van der Waals surface area (Å²) in [6, 6.07) is 4.96. The van der Waals surface area contributed by atoms with Crippen LogP contribution in [0.1, 0.15) is 58.9 Å². The fourth-order valence-corrected chi connectivity index (χ4v) is 5.85. The summed E-state index contributed by atoms with van der Waals surface area (Å²) in [5, 5.41) is 14.2. The predicted octanol–water partition coefficient (Wildman–Crippen LogP) is -0.538. The Balaban J connectivity index is 2.20. The molecule has 2 rings (SSSR count). The van der Waals surface area contributed by atoms with Crippen LogP contribution in [0.3, 0.4) is 0 Å². The number of rotatable bonds is 19. The number of primary amides is 1. The summed E-state index contributed by atoms with van der Waals surface area (Å²) in [5.74, 6) is -1.47. The maximum atomic E-state index is 13.7. The topological polar surface area (TPSA) is 236 Å². The molecule has 0 bridgehead atoms. The summed E-state index contributed by atoms with van der Waals surface area (Å²) in [6.07, 6.45) is 1.39. The average molecular weight is 662 g/mol. The number of nitrogens with two attached hydrogens (primary N) is 3. The number of carbonyl (C=O) groups is 5. The molecule has 1 heterocycles. The highest BCUT2D eigenvalue weighted by molar-refractivity contribution is 7.99. The zero-order chi connectivity index (χ0) is 34.2. The Labute approximate surface area is 275 Å². The molecule has 0 spiro atoms. The monoisotopic (exact) mass is 661 g/mol. The number of aliphatic imine (C=N–C) groups is 1. The Bertz CT molecular complexity index is 1190. The standard InChI is InChI=1S/C31H51N9O5S/c1-18(2)13-22(27(42)37-21(26(32)41)11-8-12-35-31(33)34)38-28(43)23(14-19(3)4)39-29(44)24(15-20-9-6-5-7-10-20)40-30(45)25-16-46-17-36-25/h5-7,9-10,18-19,21-25,36H,8,11-17H2,1-4H3,(H2,32,41)(H,37,42)(H,38,43)(H,39,44)(H,40,45)(H4,33,34,35)/t21-,22-,23-,24-,25-/m0/s1. The van der Waals surface area contributed by atoms with Crippen LogP contribution < -0.4 is 43.8 Å². The van der Waals surface area contributed by atoms with Crippen molar-refractivity contribution in [1.29, 1.82) is 0 Å². The molecular weight excluding hydrogens is 610 g/mol. The van der Waals surface area contributed by atoms with E-state index in [-0.39, 0.29) is 55.9 Å². The average Bonchev–Trinajstić information content (AvgIpc) is 3.53. The molecule has 1 fully saturated rings. The van der Waals surface area contributed by atoms with Gasteiger partial charge >= 0.3 is 0 Å². The minimum Gasteiger partial charge on any atom is -0.370 e. The lowest BCUT2D eigenvalue weighted by molar-refractivity contribution is -0.135. The fourth-order valence-electron chi connectivity index (χ4n) is 4.91. The Morgan fingerprint density at radius 1 is 0.826 bits per heavy atom. The van der Waals surface area contributed by atoms with Gasteiger partial charge in [0.2, 0.25) is 29.5 Å². The number of nitrogens with zero attached hydrogens (tertiary/aromatic N) is 1. The molecule has 1 aliphatic heterocycles. The highest BCUT2D eigenvalue weighted by Crippen LogP contribution is 2.13. The summed E-state index contributed by atoms with van der Waals surface area (Å²) >= 11 is 1.60. The molecule has 1 saturated heterocycles. The molecule has 5 amide bonds. The first-order chi connectivity index (χ1) is 21.8. The number of amides is 5. The maximum absolute atomic E-state index is 13.7. The van der Waals surface area contributed by atoms with Crippen LogP contribution in [0, 0.1) is 11.8 Å². The molecule has 0 saturated carbocycles. The molecular formula is C31H51N9O5S.